The lowest BCUT2D eigenvalue weighted by atomic mass is 10.1. The molecular formula is C22H22N4O4S. The van der Waals surface area contributed by atoms with Crippen LogP contribution in [0, 0.1) is 0 Å². The lowest BCUT2D eigenvalue weighted by Crippen LogP contribution is -2.25. The largest absolute Gasteiger partial charge is 0.482 e. The van der Waals surface area contributed by atoms with E-state index in [4.69, 9.17) is 14.5 Å². The highest BCUT2D eigenvalue weighted by atomic mass is 32.1. The van der Waals surface area contributed by atoms with Gasteiger partial charge >= 0.3 is 5.97 Å². The van der Waals surface area contributed by atoms with E-state index in [2.05, 4.69) is 14.9 Å². The number of hydrogen-bond acceptors (Lipinski definition) is 7. The molecule has 0 unspecified atom stereocenters. The van der Waals surface area contributed by atoms with E-state index in [1.807, 2.05) is 35.7 Å². The van der Waals surface area contributed by atoms with Gasteiger partial charge in [-0.05, 0) is 43.7 Å². The zero-order chi connectivity index (χ0) is 21.6. The van der Waals surface area contributed by atoms with E-state index in [9.17, 15) is 9.59 Å². The summed E-state index contributed by atoms with van der Waals surface area (Å²) in [5.41, 5.74) is 3.26. The number of carbonyl (C=O) groups is 2. The van der Waals surface area contributed by atoms with Crippen LogP contribution in [0.1, 0.15) is 19.8 Å². The third-order valence-electron chi connectivity index (χ3n) is 4.64. The van der Waals surface area contributed by atoms with E-state index >= 15 is 0 Å². The summed E-state index contributed by atoms with van der Waals surface area (Å²) >= 11 is 1.51. The van der Waals surface area contributed by atoms with Crippen molar-refractivity contribution in [2.24, 2.45) is 4.99 Å². The van der Waals surface area contributed by atoms with Crippen LogP contribution in [-0.2, 0) is 20.9 Å². The van der Waals surface area contributed by atoms with Gasteiger partial charge in [0.15, 0.2) is 11.4 Å². The monoisotopic (exact) mass is 438 g/mol. The first-order valence-electron chi connectivity index (χ1n) is 10.00. The van der Waals surface area contributed by atoms with Gasteiger partial charge in [-0.15, -0.1) is 11.3 Å². The van der Waals surface area contributed by atoms with Crippen LogP contribution in [0.4, 0.5) is 11.4 Å². The number of esters is 1. The maximum absolute atomic E-state index is 11.8. The smallest absolute Gasteiger partial charge is 0.305 e. The average molecular weight is 439 g/mol. The molecule has 0 saturated heterocycles. The van der Waals surface area contributed by atoms with Crippen molar-refractivity contribution in [3.05, 3.63) is 52.9 Å². The predicted molar refractivity (Wildman–Crippen MR) is 117 cm³/mol. The second-order valence-corrected chi connectivity index (χ2v) is 7.67. The van der Waals surface area contributed by atoms with E-state index in [0.717, 1.165) is 21.7 Å². The fourth-order valence-electron chi connectivity index (χ4n) is 3.25. The first kappa shape index (κ1) is 20.8. The Kier molecular flexibility index (Phi) is 6.42. The average Bonchev–Trinajstić information content (AvgIpc) is 3.16. The zero-order valence-corrected chi connectivity index (χ0v) is 17.9. The van der Waals surface area contributed by atoms with Gasteiger partial charge in [-0.1, -0.05) is 0 Å². The van der Waals surface area contributed by atoms with Crippen LogP contribution in [-0.4, -0.2) is 34.6 Å². The molecule has 8 nitrogen and oxygen atoms in total. The summed E-state index contributed by atoms with van der Waals surface area (Å²) in [6.45, 7) is 2.79. The summed E-state index contributed by atoms with van der Waals surface area (Å²) in [6, 6.07) is 9.42. The van der Waals surface area contributed by atoms with Gasteiger partial charge in [-0.25, -0.2) is 4.99 Å². The van der Waals surface area contributed by atoms with Gasteiger partial charge in [-0.2, -0.15) is 0 Å². The van der Waals surface area contributed by atoms with Crippen molar-refractivity contribution in [1.82, 2.24) is 9.55 Å². The van der Waals surface area contributed by atoms with E-state index in [1.54, 1.807) is 19.3 Å². The number of benzene rings is 1. The number of ether oxygens (including phenoxy) is 2. The zero-order valence-electron chi connectivity index (χ0n) is 17.0. The normalized spacial score (nSPS) is 13.3. The molecule has 31 heavy (non-hydrogen) atoms. The molecule has 4 rings (SSSR count). The number of amides is 1. The number of hydrogen-bond donors (Lipinski definition) is 1. The molecule has 1 aliphatic heterocycles. The van der Waals surface area contributed by atoms with E-state index < -0.39 is 0 Å². The van der Waals surface area contributed by atoms with Crippen molar-refractivity contribution in [3.63, 3.8) is 0 Å². The second kappa shape index (κ2) is 9.57. The van der Waals surface area contributed by atoms with Crippen molar-refractivity contribution in [2.75, 3.05) is 18.5 Å². The Bertz CT molecular complexity index is 1150. The van der Waals surface area contributed by atoms with Gasteiger partial charge in [0.1, 0.15) is 5.75 Å². The number of pyridine rings is 1. The van der Waals surface area contributed by atoms with Gasteiger partial charge in [0.25, 0.3) is 5.91 Å². The maximum Gasteiger partial charge on any atom is 0.305 e. The first-order chi connectivity index (χ1) is 15.1. The number of thiazole rings is 1. The van der Waals surface area contributed by atoms with Gasteiger partial charge in [0, 0.05) is 30.1 Å². The number of fused-ring (bicyclic) bond motifs is 1. The molecule has 2 aromatic heterocycles. The van der Waals surface area contributed by atoms with Crippen LogP contribution in [0.15, 0.2) is 53.1 Å². The van der Waals surface area contributed by atoms with E-state index in [1.165, 1.54) is 11.3 Å². The van der Waals surface area contributed by atoms with Crippen LogP contribution in [0.3, 0.4) is 0 Å². The summed E-state index contributed by atoms with van der Waals surface area (Å²) in [7, 11) is 0. The van der Waals surface area contributed by atoms with Crippen molar-refractivity contribution in [3.8, 4) is 17.0 Å². The molecule has 0 radical (unpaired) electrons. The summed E-state index contributed by atoms with van der Waals surface area (Å²) in [5.74, 6) is 0.261. The molecule has 0 fully saturated rings. The highest BCUT2D eigenvalue weighted by Crippen LogP contribution is 2.33. The number of rotatable bonds is 7. The fraction of sp³-hybridized carbons (Fsp3) is 0.273. The second-order valence-electron chi connectivity index (χ2n) is 6.83. The molecule has 0 saturated carbocycles. The Balaban J connectivity index is 1.69. The van der Waals surface area contributed by atoms with E-state index in [-0.39, 0.29) is 18.5 Å². The first-order valence-corrected chi connectivity index (χ1v) is 10.9. The number of anilines is 1. The quantitative estimate of drug-likeness (QED) is 0.570. The highest BCUT2D eigenvalue weighted by molar-refractivity contribution is 7.07. The Morgan fingerprint density at radius 1 is 1.39 bits per heavy atom. The summed E-state index contributed by atoms with van der Waals surface area (Å²) in [5, 5.41) is 4.87. The molecule has 1 aromatic carbocycles. The lowest BCUT2D eigenvalue weighted by molar-refractivity contribution is -0.143. The topological polar surface area (TPSA) is 94.8 Å². The van der Waals surface area contributed by atoms with Crippen molar-refractivity contribution in [2.45, 2.75) is 26.3 Å². The van der Waals surface area contributed by atoms with Crippen LogP contribution >= 0.6 is 11.3 Å². The summed E-state index contributed by atoms with van der Waals surface area (Å²) < 4.78 is 12.6. The number of nitrogens with one attached hydrogen (secondary N) is 1. The number of aromatic nitrogens is 2. The van der Waals surface area contributed by atoms with Crippen LogP contribution < -0.4 is 14.9 Å². The third-order valence-corrected chi connectivity index (χ3v) is 5.51. The highest BCUT2D eigenvalue weighted by Gasteiger charge is 2.18. The summed E-state index contributed by atoms with van der Waals surface area (Å²) in [6.07, 6.45) is 4.36. The Hall–Kier alpha value is -3.46. The molecule has 9 heteroatoms. The molecule has 1 N–H and O–H groups in total. The molecule has 3 aromatic rings. The minimum Gasteiger partial charge on any atom is -0.482 e. The van der Waals surface area contributed by atoms with Crippen molar-refractivity contribution in [1.29, 1.82) is 0 Å². The molecule has 0 bridgehead atoms. The van der Waals surface area contributed by atoms with Crippen molar-refractivity contribution >= 4 is 34.6 Å². The Morgan fingerprint density at radius 3 is 3.10 bits per heavy atom. The number of nitrogens with zero attached hydrogens (tertiary/aromatic N) is 3. The molecule has 0 spiro atoms. The Labute approximate surface area is 183 Å². The van der Waals surface area contributed by atoms with Crippen LogP contribution in [0.2, 0.25) is 0 Å². The van der Waals surface area contributed by atoms with Crippen LogP contribution in [0.25, 0.3) is 11.3 Å². The molecule has 1 aliphatic rings. The maximum atomic E-state index is 11.8. The van der Waals surface area contributed by atoms with Crippen molar-refractivity contribution < 1.29 is 19.1 Å². The molecular weight excluding hydrogens is 416 g/mol. The third kappa shape index (κ3) is 5.00. The lowest BCUT2D eigenvalue weighted by Gasteiger charge is -2.19. The SMILES string of the molecule is CCOC(=O)CCCn1c(-c2ccc3c(c2)NC(=O)CO3)csc1=Nc1cccnc1. The van der Waals surface area contributed by atoms with E-state index in [0.29, 0.717) is 37.4 Å². The molecule has 160 valence electrons. The predicted octanol–water partition coefficient (Wildman–Crippen LogP) is 3.52. The standard InChI is InChI=1S/C22H22N4O4S/c1-2-29-21(28)6-4-10-26-18(14-31-22(26)24-16-5-3-9-23-12-16)15-7-8-19-17(11-15)25-20(27)13-30-19/h3,5,7-9,11-12,14H,2,4,6,10,13H2,1H3,(H,25,27). The van der Waals surface area contributed by atoms with Crippen LogP contribution in [0.5, 0.6) is 5.75 Å². The number of carbonyl (C=O) groups excluding carboxylic acids is 2. The van der Waals surface area contributed by atoms with Gasteiger partial charge in [0.05, 0.1) is 29.9 Å². The molecule has 3 heterocycles. The van der Waals surface area contributed by atoms with Gasteiger partial charge in [0.2, 0.25) is 0 Å². The minimum atomic E-state index is -0.209. The minimum absolute atomic E-state index is 0.0206. The Morgan fingerprint density at radius 2 is 2.29 bits per heavy atom. The van der Waals surface area contributed by atoms with Gasteiger partial charge in [-0.3, -0.25) is 14.6 Å². The molecule has 1 amide bonds. The van der Waals surface area contributed by atoms with Gasteiger partial charge < -0.3 is 19.4 Å². The summed E-state index contributed by atoms with van der Waals surface area (Å²) in [4.78, 5) is 33.1. The fourth-order valence-corrected chi connectivity index (χ4v) is 4.21. The molecule has 0 atom stereocenters. The molecule has 0 aliphatic carbocycles.